The molecule has 3 nitrogen and oxygen atoms in total. The molecule has 0 aliphatic carbocycles. The number of amides is 1. The van der Waals surface area contributed by atoms with Crippen LogP contribution in [-0.2, 0) is 4.79 Å². The van der Waals surface area contributed by atoms with Crippen LogP contribution >= 0.6 is 0 Å². The fourth-order valence-electron chi connectivity index (χ4n) is 0.906. The van der Waals surface area contributed by atoms with Gasteiger partial charge >= 0.3 is 0 Å². The van der Waals surface area contributed by atoms with Crippen molar-refractivity contribution in [2.75, 3.05) is 20.7 Å². The maximum atomic E-state index is 11.3. The molecular weight excluding hydrogens is 142 g/mol. The molecular formula is C8H17NO2. The second-order valence-corrected chi connectivity index (χ2v) is 3.27. The van der Waals surface area contributed by atoms with Crippen LogP contribution in [-0.4, -0.2) is 36.6 Å². The summed E-state index contributed by atoms with van der Waals surface area (Å²) in [7, 11) is 3.40. The van der Waals surface area contributed by atoms with Crippen LogP contribution in [0.4, 0.5) is 0 Å². The lowest BCUT2D eigenvalue weighted by atomic mass is 9.96. The molecule has 0 saturated carbocycles. The Morgan fingerprint density at radius 3 is 2.00 bits per heavy atom. The Morgan fingerprint density at radius 2 is 1.91 bits per heavy atom. The van der Waals surface area contributed by atoms with Crippen LogP contribution in [0.1, 0.15) is 13.8 Å². The van der Waals surface area contributed by atoms with Gasteiger partial charge in [0.2, 0.25) is 5.91 Å². The largest absolute Gasteiger partial charge is 0.396 e. The van der Waals surface area contributed by atoms with Gasteiger partial charge in [0, 0.05) is 14.1 Å². The summed E-state index contributed by atoms with van der Waals surface area (Å²) in [4.78, 5) is 12.8. The number of hydrogen-bond acceptors (Lipinski definition) is 2. The van der Waals surface area contributed by atoms with Gasteiger partial charge in [0.1, 0.15) is 0 Å². The molecule has 1 unspecified atom stereocenters. The molecule has 0 aromatic heterocycles. The first kappa shape index (κ1) is 10.4. The number of nitrogens with zero attached hydrogens (tertiary/aromatic N) is 1. The molecule has 1 N–H and O–H groups in total. The van der Waals surface area contributed by atoms with Crippen molar-refractivity contribution in [1.29, 1.82) is 0 Å². The van der Waals surface area contributed by atoms with Crippen LogP contribution in [0.5, 0.6) is 0 Å². The van der Waals surface area contributed by atoms with E-state index in [0.717, 1.165) is 0 Å². The predicted octanol–water partition coefficient (Wildman–Crippen LogP) is 0.339. The third kappa shape index (κ3) is 2.89. The SMILES string of the molecule is CC(C)C(CO)C(=O)N(C)C. The first-order valence-electron chi connectivity index (χ1n) is 3.82. The van der Waals surface area contributed by atoms with Crippen LogP contribution in [0.2, 0.25) is 0 Å². The fraction of sp³-hybridized carbons (Fsp3) is 0.875. The van der Waals surface area contributed by atoms with Crippen LogP contribution in [0.25, 0.3) is 0 Å². The van der Waals surface area contributed by atoms with Crippen LogP contribution in [0.3, 0.4) is 0 Å². The number of hydrogen-bond donors (Lipinski definition) is 1. The summed E-state index contributed by atoms with van der Waals surface area (Å²) in [6.07, 6.45) is 0. The van der Waals surface area contributed by atoms with Crippen molar-refractivity contribution in [3.05, 3.63) is 0 Å². The quantitative estimate of drug-likeness (QED) is 0.645. The van der Waals surface area contributed by atoms with Crippen molar-refractivity contribution in [1.82, 2.24) is 4.90 Å². The van der Waals surface area contributed by atoms with E-state index in [4.69, 9.17) is 5.11 Å². The van der Waals surface area contributed by atoms with E-state index in [-0.39, 0.29) is 24.3 Å². The Morgan fingerprint density at radius 1 is 1.45 bits per heavy atom. The highest BCUT2D eigenvalue weighted by Crippen LogP contribution is 2.11. The molecule has 0 bridgehead atoms. The third-order valence-electron chi connectivity index (χ3n) is 1.76. The van der Waals surface area contributed by atoms with Crippen LogP contribution < -0.4 is 0 Å². The second kappa shape index (κ2) is 4.34. The number of carbonyl (C=O) groups is 1. The lowest BCUT2D eigenvalue weighted by Crippen LogP contribution is -2.34. The van der Waals surface area contributed by atoms with E-state index < -0.39 is 0 Å². The number of aliphatic hydroxyl groups is 1. The smallest absolute Gasteiger partial charge is 0.227 e. The Hall–Kier alpha value is -0.570. The van der Waals surface area contributed by atoms with Gasteiger partial charge in [0.05, 0.1) is 12.5 Å². The summed E-state index contributed by atoms with van der Waals surface area (Å²) in [5.41, 5.74) is 0. The Labute approximate surface area is 68.0 Å². The van der Waals surface area contributed by atoms with Crippen molar-refractivity contribution in [3.8, 4) is 0 Å². The molecule has 0 spiro atoms. The van der Waals surface area contributed by atoms with Gasteiger partial charge in [-0.15, -0.1) is 0 Å². The minimum atomic E-state index is -0.245. The Bertz CT molecular complexity index is 132. The first-order valence-corrected chi connectivity index (χ1v) is 3.82. The van der Waals surface area contributed by atoms with E-state index in [1.165, 1.54) is 4.90 Å². The lowest BCUT2D eigenvalue weighted by molar-refractivity contribution is -0.135. The number of aliphatic hydroxyl groups excluding tert-OH is 1. The van der Waals surface area contributed by atoms with Crippen molar-refractivity contribution in [2.45, 2.75) is 13.8 Å². The Balaban J connectivity index is 4.15. The van der Waals surface area contributed by atoms with E-state index in [9.17, 15) is 4.79 Å². The molecule has 0 rings (SSSR count). The maximum absolute atomic E-state index is 11.3. The van der Waals surface area contributed by atoms with Crippen molar-refractivity contribution >= 4 is 5.91 Å². The highest BCUT2D eigenvalue weighted by atomic mass is 16.3. The summed E-state index contributed by atoms with van der Waals surface area (Å²) >= 11 is 0. The predicted molar refractivity (Wildman–Crippen MR) is 44.1 cm³/mol. The minimum Gasteiger partial charge on any atom is -0.396 e. The van der Waals surface area contributed by atoms with Crippen LogP contribution in [0, 0.1) is 11.8 Å². The van der Waals surface area contributed by atoms with Crippen molar-refractivity contribution in [2.24, 2.45) is 11.8 Å². The normalized spacial score (nSPS) is 13.3. The van der Waals surface area contributed by atoms with E-state index in [1.807, 2.05) is 13.8 Å². The molecule has 0 aromatic rings. The number of carbonyl (C=O) groups excluding carboxylic acids is 1. The molecule has 1 amide bonds. The zero-order valence-electron chi connectivity index (χ0n) is 7.66. The van der Waals surface area contributed by atoms with E-state index in [0.29, 0.717) is 0 Å². The summed E-state index contributed by atoms with van der Waals surface area (Å²) in [5, 5.41) is 8.87. The average Bonchev–Trinajstić information content (AvgIpc) is 1.88. The molecule has 66 valence electrons. The lowest BCUT2D eigenvalue weighted by Gasteiger charge is -2.21. The molecule has 0 saturated heterocycles. The van der Waals surface area contributed by atoms with Crippen molar-refractivity contribution in [3.63, 3.8) is 0 Å². The first-order chi connectivity index (χ1) is 5.00. The molecule has 3 heteroatoms. The number of rotatable bonds is 3. The molecule has 0 heterocycles. The summed E-state index contributed by atoms with van der Waals surface area (Å²) in [6, 6.07) is 0. The maximum Gasteiger partial charge on any atom is 0.227 e. The monoisotopic (exact) mass is 159 g/mol. The highest BCUT2D eigenvalue weighted by Gasteiger charge is 2.22. The second-order valence-electron chi connectivity index (χ2n) is 3.27. The van der Waals surface area contributed by atoms with Crippen molar-refractivity contribution < 1.29 is 9.90 Å². The summed E-state index contributed by atoms with van der Waals surface area (Å²) in [5.74, 6) is -0.0394. The standard InChI is InChI=1S/C8H17NO2/c1-6(2)7(5-10)8(11)9(3)4/h6-7,10H,5H2,1-4H3. The molecule has 1 atom stereocenters. The third-order valence-corrected chi connectivity index (χ3v) is 1.76. The molecule has 0 aliphatic heterocycles. The van der Waals surface area contributed by atoms with Gasteiger partial charge < -0.3 is 10.0 Å². The highest BCUT2D eigenvalue weighted by molar-refractivity contribution is 5.78. The zero-order chi connectivity index (χ0) is 9.02. The summed E-state index contributed by atoms with van der Waals surface area (Å²) < 4.78 is 0. The van der Waals surface area contributed by atoms with Gasteiger partial charge in [-0.3, -0.25) is 4.79 Å². The van der Waals surface area contributed by atoms with Gasteiger partial charge in [0.15, 0.2) is 0 Å². The molecule has 0 radical (unpaired) electrons. The van der Waals surface area contributed by atoms with Crippen LogP contribution in [0.15, 0.2) is 0 Å². The van der Waals surface area contributed by atoms with E-state index >= 15 is 0 Å². The minimum absolute atomic E-state index is 0.00231. The average molecular weight is 159 g/mol. The topological polar surface area (TPSA) is 40.5 Å². The van der Waals surface area contributed by atoms with Gasteiger partial charge in [0.25, 0.3) is 0 Å². The molecule has 11 heavy (non-hydrogen) atoms. The van der Waals surface area contributed by atoms with Gasteiger partial charge in [-0.2, -0.15) is 0 Å². The van der Waals surface area contributed by atoms with E-state index in [1.54, 1.807) is 14.1 Å². The molecule has 0 aromatic carbocycles. The van der Waals surface area contributed by atoms with E-state index in [2.05, 4.69) is 0 Å². The summed E-state index contributed by atoms with van der Waals surface area (Å²) in [6.45, 7) is 3.80. The van der Waals surface area contributed by atoms with Gasteiger partial charge in [-0.05, 0) is 5.92 Å². The fourth-order valence-corrected chi connectivity index (χ4v) is 0.906. The van der Waals surface area contributed by atoms with Gasteiger partial charge in [-0.25, -0.2) is 0 Å². The van der Waals surface area contributed by atoms with Gasteiger partial charge in [-0.1, -0.05) is 13.8 Å². The zero-order valence-corrected chi connectivity index (χ0v) is 7.66. The molecule has 0 aliphatic rings. The molecule has 0 fully saturated rings. The Kier molecular flexibility index (Phi) is 4.11.